The second-order valence-electron chi connectivity index (χ2n) is 11.4. The standard InChI is InChI=1S/C33H46NOP/c1-9-20-33(10-2,36-30-19-15-14-18-27(30)23-34(7)8)29-22-25(3)21-28(32(4,5)6)31(29)35-24-26-16-12-11-13-17-26/h11-19,21-22,36H,9-10,20,23-24H2,1-8H3. The van der Waals surface area contributed by atoms with Crippen LogP contribution >= 0.6 is 8.58 Å². The Balaban J connectivity index is 2.19. The van der Waals surface area contributed by atoms with Gasteiger partial charge < -0.3 is 9.64 Å². The summed E-state index contributed by atoms with van der Waals surface area (Å²) < 4.78 is 6.82. The maximum absolute atomic E-state index is 6.82. The van der Waals surface area contributed by atoms with Gasteiger partial charge in [-0.15, -0.1) is 0 Å². The van der Waals surface area contributed by atoms with Crippen LogP contribution in [0.1, 0.15) is 81.7 Å². The lowest BCUT2D eigenvalue weighted by Crippen LogP contribution is -2.27. The first-order valence-corrected chi connectivity index (χ1v) is 14.4. The smallest absolute Gasteiger partial charge is 0.127 e. The lowest BCUT2D eigenvalue weighted by atomic mass is 9.80. The Kier molecular flexibility index (Phi) is 9.79. The van der Waals surface area contributed by atoms with E-state index in [-0.39, 0.29) is 10.6 Å². The molecule has 0 heterocycles. The fourth-order valence-corrected chi connectivity index (χ4v) is 6.99. The Labute approximate surface area is 222 Å². The fourth-order valence-electron chi connectivity index (χ4n) is 5.10. The molecule has 0 saturated carbocycles. The molecule has 0 spiro atoms. The van der Waals surface area contributed by atoms with E-state index in [4.69, 9.17) is 4.74 Å². The summed E-state index contributed by atoms with van der Waals surface area (Å²) in [6, 6.07) is 24.4. The molecule has 3 rings (SSSR count). The molecule has 0 bridgehead atoms. The zero-order valence-electron chi connectivity index (χ0n) is 23.7. The summed E-state index contributed by atoms with van der Waals surface area (Å²) >= 11 is 0. The van der Waals surface area contributed by atoms with Crippen LogP contribution in [0.15, 0.2) is 66.7 Å². The van der Waals surface area contributed by atoms with Crippen molar-refractivity contribution in [3.8, 4) is 5.75 Å². The highest BCUT2D eigenvalue weighted by atomic mass is 31.1. The Morgan fingerprint density at radius 3 is 2.11 bits per heavy atom. The Hall–Kier alpha value is -2.15. The number of hydrogen-bond acceptors (Lipinski definition) is 2. The highest BCUT2D eigenvalue weighted by molar-refractivity contribution is 7.48. The van der Waals surface area contributed by atoms with Gasteiger partial charge in [0.25, 0.3) is 0 Å². The highest BCUT2D eigenvalue weighted by Crippen LogP contribution is 2.53. The largest absolute Gasteiger partial charge is 0.488 e. The first-order valence-electron chi connectivity index (χ1n) is 13.4. The lowest BCUT2D eigenvalue weighted by Gasteiger charge is -2.38. The molecule has 0 aliphatic carbocycles. The topological polar surface area (TPSA) is 12.5 Å². The molecule has 2 unspecified atom stereocenters. The molecule has 0 amide bonds. The van der Waals surface area contributed by atoms with Gasteiger partial charge in [0.15, 0.2) is 0 Å². The molecule has 3 aromatic carbocycles. The Bertz CT molecular complexity index is 1120. The molecule has 36 heavy (non-hydrogen) atoms. The summed E-state index contributed by atoms with van der Waals surface area (Å²) in [6.07, 6.45) is 3.38. The van der Waals surface area contributed by atoms with Crippen LogP contribution in [0.5, 0.6) is 5.75 Å². The number of ether oxygens (including phenoxy) is 1. The second kappa shape index (κ2) is 12.4. The van der Waals surface area contributed by atoms with E-state index in [1.807, 2.05) is 0 Å². The molecule has 0 saturated heterocycles. The third-order valence-corrected chi connectivity index (χ3v) is 9.05. The van der Waals surface area contributed by atoms with Gasteiger partial charge in [-0.3, -0.25) is 0 Å². The first-order chi connectivity index (χ1) is 17.1. The summed E-state index contributed by atoms with van der Waals surface area (Å²) in [4.78, 5) is 2.27. The van der Waals surface area contributed by atoms with E-state index in [1.54, 1.807) is 0 Å². The van der Waals surface area contributed by atoms with Gasteiger partial charge in [0, 0.05) is 22.8 Å². The van der Waals surface area contributed by atoms with Crippen molar-refractivity contribution in [2.45, 2.75) is 84.5 Å². The van der Waals surface area contributed by atoms with Gasteiger partial charge >= 0.3 is 0 Å². The van der Waals surface area contributed by atoms with Crippen LogP contribution in [0.3, 0.4) is 0 Å². The Morgan fingerprint density at radius 1 is 0.861 bits per heavy atom. The van der Waals surface area contributed by atoms with Gasteiger partial charge in [-0.25, -0.2) is 0 Å². The van der Waals surface area contributed by atoms with E-state index < -0.39 is 0 Å². The maximum atomic E-state index is 6.82. The molecule has 2 atom stereocenters. The molecule has 194 valence electrons. The van der Waals surface area contributed by atoms with Crippen LogP contribution in [0, 0.1) is 6.92 Å². The first kappa shape index (κ1) is 28.4. The van der Waals surface area contributed by atoms with Crippen molar-refractivity contribution in [3.63, 3.8) is 0 Å². The van der Waals surface area contributed by atoms with Gasteiger partial charge in [0.2, 0.25) is 0 Å². The van der Waals surface area contributed by atoms with Crippen LogP contribution < -0.4 is 10.0 Å². The molecule has 0 fully saturated rings. The normalized spacial score (nSPS) is 13.9. The molecular formula is C33H46NOP. The van der Waals surface area contributed by atoms with Gasteiger partial charge in [-0.05, 0) is 55.7 Å². The van der Waals surface area contributed by atoms with Gasteiger partial charge in [0.1, 0.15) is 12.4 Å². The van der Waals surface area contributed by atoms with Crippen molar-refractivity contribution >= 4 is 13.9 Å². The average molecular weight is 504 g/mol. The minimum atomic E-state index is -0.00950. The van der Waals surface area contributed by atoms with E-state index >= 15 is 0 Å². The molecule has 3 aromatic rings. The molecule has 0 aromatic heterocycles. The summed E-state index contributed by atoms with van der Waals surface area (Å²) in [5.74, 6) is 1.10. The summed E-state index contributed by atoms with van der Waals surface area (Å²) in [5.41, 5.74) is 6.66. The fraction of sp³-hybridized carbons (Fsp3) is 0.455. The summed E-state index contributed by atoms with van der Waals surface area (Å²) in [5, 5.41) is 1.52. The lowest BCUT2D eigenvalue weighted by molar-refractivity contribution is 0.289. The van der Waals surface area contributed by atoms with Gasteiger partial charge in [-0.2, -0.15) is 0 Å². The van der Waals surface area contributed by atoms with Crippen LogP contribution in [-0.4, -0.2) is 19.0 Å². The van der Waals surface area contributed by atoms with Crippen molar-refractivity contribution in [2.75, 3.05) is 14.1 Å². The zero-order valence-corrected chi connectivity index (χ0v) is 24.7. The monoisotopic (exact) mass is 503 g/mol. The number of hydrogen-bond donors (Lipinski definition) is 0. The molecule has 0 aliphatic rings. The quantitative estimate of drug-likeness (QED) is 0.244. The molecule has 0 N–H and O–H groups in total. The van der Waals surface area contributed by atoms with Crippen molar-refractivity contribution in [3.05, 3.63) is 94.5 Å². The van der Waals surface area contributed by atoms with Crippen molar-refractivity contribution in [2.24, 2.45) is 0 Å². The van der Waals surface area contributed by atoms with Gasteiger partial charge in [-0.1, -0.05) is 122 Å². The highest BCUT2D eigenvalue weighted by Gasteiger charge is 2.36. The van der Waals surface area contributed by atoms with E-state index in [9.17, 15) is 0 Å². The minimum Gasteiger partial charge on any atom is -0.488 e. The van der Waals surface area contributed by atoms with Crippen LogP contribution in [0.4, 0.5) is 0 Å². The van der Waals surface area contributed by atoms with Crippen molar-refractivity contribution in [1.29, 1.82) is 0 Å². The van der Waals surface area contributed by atoms with Gasteiger partial charge in [0.05, 0.1) is 0 Å². The number of benzene rings is 3. The van der Waals surface area contributed by atoms with E-state index in [0.717, 1.165) is 31.6 Å². The third kappa shape index (κ3) is 6.99. The van der Waals surface area contributed by atoms with E-state index in [0.29, 0.717) is 15.2 Å². The predicted molar refractivity (Wildman–Crippen MR) is 159 cm³/mol. The minimum absolute atomic E-state index is 0.00950. The van der Waals surface area contributed by atoms with Crippen LogP contribution in [0.25, 0.3) is 0 Å². The zero-order chi connectivity index (χ0) is 26.3. The van der Waals surface area contributed by atoms with Crippen LogP contribution in [-0.2, 0) is 23.7 Å². The SMILES string of the molecule is CCCC(CC)(Pc1ccccc1CN(C)C)c1cc(C)cc(C(C)(C)C)c1OCc1ccccc1. The molecule has 3 heteroatoms. The summed E-state index contributed by atoms with van der Waals surface area (Å²) in [7, 11) is 5.00. The average Bonchev–Trinajstić information content (AvgIpc) is 2.83. The number of aryl methyl sites for hydroxylation is 1. The third-order valence-electron chi connectivity index (χ3n) is 6.94. The van der Waals surface area contributed by atoms with E-state index in [2.05, 4.69) is 127 Å². The van der Waals surface area contributed by atoms with Crippen molar-refractivity contribution in [1.82, 2.24) is 4.90 Å². The number of nitrogens with zero attached hydrogens (tertiary/aromatic N) is 1. The number of rotatable bonds is 11. The maximum Gasteiger partial charge on any atom is 0.127 e. The summed E-state index contributed by atoms with van der Waals surface area (Å²) in [6.45, 7) is 15.4. The molecule has 0 radical (unpaired) electrons. The van der Waals surface area contributed by atoms with Crippen molar-refractivity contribution < 1.29 is 4.74 Å². The van der Waals surface area contributed by atoms with Crippen LogP contribution in [0.2, 0.25) is 0 Å². The molecule has 2 nitrogen and oxygen atoms in total. The van der Waals surface area contributed by atoms with E-state index in [1.165, 1.54) is 33.1 Å². The predicted octanol–water partition coefficient (Wildman–Crippen LogP) is 8.34. The molecule has 0 aliphatic heterocycles. The Morgan fingerprint density at radius 2 is 1.50 bits per heavy atom. The molecular weight excluding hydrogens is 457 g/mol. The second-order valence-corrected chi connectivity index (χ2v) is 13.2.